The van der Waals surface area contributed by atoms with Gasteiger partial charge in [0.15, 0.2) is 0 Å². The lowest BCUT2D eigenvalue weighted by Crippen LogP contribution is -2.21. The third-order valence-corrected chi connectivity index (χ3v) is 4.56. The molecule has 0 saturated heterocycles. The maximum atomic E-state index is 12.2. The molecule has 0 saturated carbocycles. The van der Waals surface area contributed by atoms with Gasteiger partial charge < -0.3 is 5.32 Å². The molecule has 1 N–H and O–H groups in total. The van der Waals surface area contributed by atoms with Crippen LogP contribution in [0.25, 0.3) is 10.6 Å². The van der Waals surface area contributed by atoms with Crippen LogP contribution in [0.15, 0.2) is 60.8 Å². The molecule has 5 heteroatoms. The largest absolute Gasteiger partial charge is 0.347 e. The van der Waals surface area contributed by atoms with Crippen LogP contribution in [-0.4, -0.2) is 10.9 Å². The van der Waals surface area contributed by atoms with Crippen LogP contribution in [0.5, 0.6) is 0 Å². The summed E-state index contributed by atoms with van der Waals surface area (Å²) in [6.45, 7) is 0.400. The number of nitrogens with one attached hydrogen (secondary N) is 1. The van der Waals surface area contributed by atoms with Gasteiger partial charge in [-0.25, -0.2) is 4.98 Å². The Labute approximate surface area is 137 Å². The smallest absolute Gasteiger partial charge is 0.263 e. The van der Waals surface area contributed by atoms with Crippen LogP contribution in [0.4, 0.5) is 0 Å². The second kappa shape index (κ2) is 6.73. The molecule has 2 aromatic carbocycles. The molecule has 1 amide bonds. The van der Waals surface area contributed by atoms with Gasteiger partial charge in [-0.2, -0.15) is 0 Å². The summed E-state index contributed by atoms with van der Waals surface area (Å²) in [6, 6.07) is 17.3. The molecule has 1 aromatic heterocycles. The van der Waals surface area contributed by atoms with E-state index in [-0.39, 0.29) is 5.91 Å². The number of amides is 1. The van der Waals surface area contributed by atoms with Crippen LogP contribution in [0.2, 0.25) is 5.02 Å². The number of hydrogen-bond acceptors (Lipinski definition) is 3. The summed E-state index contributed by atoms with van der Waals surface area (Å²) in [6.07, 6.45) is 1.61. The molecule has 0 unspecified atom stereocenters. The average molecular weight is 329 g/mol. The van der Waals surface area contributed by atoms with Gasteiger partial charge >= 0.3 is 0 Å². The molecule has 0 bridgehead atoms. The average Bonchev–Trinajstić information content (AvgIpc) is 3.05. The molecule has 22 heavy (non-hydrogen) atoms. The van der Waals surface area contributed by atoms with Crippen molar-refractivity contribution in [3.63, 3.8) is 0 Å². The summed E-state index contributed by atoms with van der Waals surface area (Å²) < 4.78 is 0. The van der Waals surface area contributed by atoms with E-state index in [1.165, 1.54) is 11.3 Å². The Kier molecular flexibility index (Phi) is 4.51. The van der Waals surface area contributed by atoms with Crippen molar-refractivity contribution in [1.29, 1.82) is 0 Å². The zero-order valence-electron chi connectivity index (χ0n) is 11.6. The van der Waals surface area contributed by atoms with Gasteiger partial charge in [0.25, 0.3) is 5.91 Å². The first-order valence-corrected chi connectivity index (χ1v) is 7.96. The number of thiazole rings is 1. The molecule has 0 aliphatic rings. The van der Waals surface area contributed by atoms with Crippen LogP contribution in [-0.2, 0) is 6.54 Å². The summed E-state index contributed by atoms with van der Waals surface area (Å²) in [7, 11) is 0. The SMILES string of the molecule is O=C(NCc1ccccc1Cl)c1cnc(-c2ccccc2)s1. The zero-order chi connectivity index (χ0) is 15.4. The van der Waals surface area contributed by atoms with Gasteiger partial charge in [-0.05, 0) is 11.6 Å². The van der Waals surface area contributed by atoms with Gasteiger partial charge in [0, 0.05) is 17.1 Å². The number of benzene rings is 2. The first kappa shape index (κ1) is 14.8. The van der Waals surface area contributed by atoms with Gasteiger partial charge in [-0.15, -0.1) is 11.3 Å². The van der Waals surface area contributed by atoms with E-state index in [0.717, 1.165) is 16.1 Å². The molecule has 0 aliphatic heterocycles. The molecule has 0 aliphatic carbocycles. The van der Waals surface area contributed by atoms with Crippen molar-refractivity contribution in [3.05, 3.63) is 76.3 Å². The lowest BCUT2D eigenvalue weighted by atomic mass is 10.2. The topological polar surface area (TPSA) is 42.0 Å². The highest BCUT2D eigenvalue weighted by Crippen LogP contribution is 2.24. The number of aromatic nitrogens is 1. The van der Waals surface area contributed by atoms with Crippen molar-refractivity contribution in [2.75, 3.05) is 0 Å². The monoisotopic (exact) mass is 328 g/mol. The molecule has 0 spiro atoms. The molecular formula is C17H13ClN2OS. The van der Waals surface area contributed by atoms with Gasteiger partial charge in [0.1, 0.15) is 9.88 Å². The van der Waals surface area contributed by atoms with Gasteiger partial charge in [0.05, 0.1) is 6.20 Å². The lowest BCUT2D eigenvalue weighted by molar-refractivity contribution is 0.0955. The first-order chi connectivity index (χ1) is 10.7. The maximum Gasteiger partial charge on any atom is 0.263 e. The maximum absolute atomic E-state index is 12.2. The van der Waals surface area contributed by atoms with Gasteiger partial charge in [-0.3, -0.25) is 4.79 Å². The van der Waals surface area contributed by atoms with Crippen LogP contribution in [0, 0.1) is 0 Å². The molecule has 110 valence electrons. The Morgan fingerprint density at radius 1 is 1.09 bits per heavy atom. The minimum atomic E-state index is -0.139. The van der Waals surface area contributed by atoms with E-state index in [9.17, 15) is 4.79 Å². The van der Waals surface area contributed by atoms with E-state index < -0.39 is 0 Å². The molecule has 3 nitrogen and oxygen atoms in total. The highest BCUT2D eigenvalue weighted by Gasteiger charge is 2.11. The first-order valence-electron chi connectivity index (χ1n) is 6.77. The number of halogens is 1. The van der Waals surface area contributed by atoms with E-state index in [2.05, 4.69) is 10.3 Å². The van der Waals surface area contributed by atoms with Crippen molar-refractivity contribution in [1.82, 2.24) is 10.3 Å². The molecular weight excluding hydrogens is 316 g/mol. The second-order valence-electron chi connectivity index (χ2n) is 4.67. The van der Waals surface area contributed by atoms with Crippen LogP contribution in [0.1, 0.15) is 15.2 Å². The third kappa shape index (κ3) is 3.35. The molecule has 3 aromatic rings. The summed E-state index contributed by atoms with van der Waals surface area (Å²) in [5.74, 6) is -0.139. The van der Waals surface area contributed by atoms with E-state index >= 15 is 0 Å². The number of nitrogens with zero attached hydrogens (tertiary/aromatic N) is 1. The van der Waals surface area contributed by atoms with Crippen LogP contribution < -0.4 is 5.32 Å². The summed E-state index contributed by atoms with van der Waals surface area (Å²) in [5.41, 5.74) is 1.91. The van der Waals surface area contributed by atoms with Crippen LogP contribution >= 0.6 is 22.9 Å². The van der Waals surface area contributed by atoms with Crippen LogP contribution in [0.3, 0.4) is 0 Å². The fourth-order valence-electron chi connectivity index (χ4n) is 2.00. The lowest BCUT2D eigenvalue weighted by Gasteiger charge is -2.05. The van der Waals surface area contributed by atoms with Crippen molar-refractivity contribution in [2.24, 2.45) is 0 Å². The highest BCUT2D eigenvalue weighted by atomic mass is 35.5. The van der Waals surface area contributed by atoms with E-state index in [4.69, 9.17) is 11.6 Å². The molecule has 0 atom stereocenters. The predicted molar refractivity (Wildman–Crippen MR) is 90.2 cm³/mol. The third-order valence-electron chi connectivity index (χ3n) is 3.15. The minimum absolute atomic E-state index is 0.139. The quantitative estimate of drug-likeness (QED) is 0.771. The Hall–Kier alpha value is -2.17. The Bertz CT molecular complexity index is 786. The predicted octanol–water partition coefficient (Wildman–Crippen LogP) is 4.39. The number of rotatable bonds is 4. The van der Waals surface area contributed by atoms with Crippen molar-refractivity contribution in [2.45, 2.75) is 6.54 Å². The van der Waals surface area contributed by atoms with E-state index in [0.29, 0.717) is 16.4 Å². The number of carbonyl (C=O) groups is 1. The summed E-state index contributed by atoms with van der Waals surface area (Å²) in [4.78, 5) is 17.1. The van der Waals surface area contributed by atoms with Gasteiger partial charge in [0.2, 0.25) is 0 Å². The van der Waals surface area contributed by atoms with Gasteiger partial charge in [-0.1, -0.05) is 60.1 Å². The van der Waals surface area contributed by atoms with Crippen molar-refractivity contribution >= 4 is 28.8 Å². The Morgan fingerprint density at radius 2 is 1.82 bits per heavy atom. The number of carbonyl (C=O) groups excluding carboxylic acids is 1. The van der Waals surface area contributed by atoms with Crippen molar-refractivity contribution in [3.8, 4) is 10.6 Å². The minimum Gasteiger partial charge on any atom is -0.347 e. The molecule has 3 rings (SSSR count). The molecule has 0 radical (unpaired) electrons. The number of hydrogen-bond donors (Lipinski definition) is 1. The summed E-state index contributed by atoms with van der Waals surface area (Å²) in [5, 5.41) is 4.35. The fraction of sp³-hybridized carbons (Fsp3) is 0.0588. The second-order valence-corrected chi connectivity index (χ2v) is 6.11. The highest BCUT2D eigenvalue weighted by molar-refractivity contribution is 7.16. The van der Waals surface area contributed by atoms with E-state index in [1.807, 2.05) is 54.6 Å². The standard InChI is InChI=1S/C17H13ClN2OS/c18-14-9-5-4-8-13(14)10-19-16(21)15-11-20-17(22-15)12-6-2-1-3-7-12/h1-9,11H,10H2,(H,19,21). The molecule has 1 heterocycles. The Balaban J connectivity index is 1.69. The molecule has 0 fully saturated rings. The van der Waals surface area contributed by atoms with Crippen molar-refractivity contribution < 1.29 is 4.79 Å². The van der Waals surface area contributed by atoms with E-state index in [1.54, 1.807) is 6.20 Å². The summed E-state index contributed by atoms with van der Waals surface area (Å²) >= 11 is 7.45. The zero-order valence-corrected chi connectivity index (χ0v) is 13.2. The normalized spacial score (nSPS) is 10.4. The Morgan fingerprint density at radius 3 is 2.59 bits per heavy atom. The fourth-order valence-corrected chi connectivity index (χ4v) is 3.04.